The summed E-state index contributed by atoms with van der Waals surface area (Å²) in [6.07, 6.45) is 2.17. The van der Waals surface area contributed by atoms with Crippen LogP contribution in [-0.4, -0.2) is 45.8 Å². The number of nitrogens with zero attached hydrogens (tertiary/aromatic N) is 2. The third-order valence-electron chi connectivity index (χ3n) is 5.17. The number of methoxy groups -OCH3 is 1. The number of carbonyl (C=O) groups is 2. The largest absolute Gasteiger partial charge is 0.503 e. The van der Waals surface area contributed by atoms with Gasteiger partial charge in [0.15, 0.2) is 17.2 Å². The highest BCUT2D eigenvalue weighted by Crippen LogP contribution is 2.28. The van der Waals surface area contributed by atoms with Gasteiger partial charge in [0.05, 0.1) is 18.7 Å². The van der Waals surface area contributed by atoms with E-state index in [9.17, 15) is 23.5 Å². The van der Waals surface area contributed by atoms with Crippen LogP contribution in [0, 0.1) is 11.6 Å². The average Bonchev–Trinajstić information content (AvgIpc) is 3.17. The Morgan fingerprint density at radius 2 is 1.91 bits per heavy atom. The number of amides is 1. The maximum Gasteiger partial charge on any atom is 0.328 e. The van der Waals surface area contributed by atoms with Crippen LogP contribution in [0.25, 0.3) is 10.9 Å². The molecule has 170 valence electrons. The molecule has 3 rings (SSSR count). The number of nitrogens with one attached hydrogen (secondary N) is 1. The predicted molar refractivity (Wildman–Crippen MR) is 112 cm³/mol. The Labute approximate surface area is 182 Å². The number of ether oxygens (including phenoxy) is 2. The van der Waals surface area contributed by atoms with E-state index in [1.165, 1.54) is 32.4 Å². The predicted octanol–water partition coefficient (Wildman–Crippen LogP) is 3.34. The van der Waals surface area contributed by atoms with Gasteiger partial charge in [-0.25, -0.2) is 18.6 Å². The number of benzene rings is 1. The maximum absolute atomic E-state index is 14.3. The molecule has 3 aromatic rings. The second kappa shape index (κ2) is 9.21. The minimum absolute atomic E-state index is 0.0638. The molecule has 0 aliphatic rings. The van der Waals surface area contributed by atoms with Gasteiger partial charge in [0.1, 0.15) is 23.8 Å². The third-order valence-corrected chi connectivity index (χ3v) is 5.17. The molecule has 10 heteroatoms. The molecule has 8 nitrogen and oxygen atoms in total. The summed E-state index contributed by atoms with van der Waals surface area (Å²) in [4.78, 5) is 28.7. The monoisotopic (exact) mass is 447 g/mol. The van der Waals surface area contributed by atoms with E-state index in [4.69, 9.17) is 9.47 Å². The zero-order valence-corrected chi connectivity index (χ0v) is 17.9. The van der Waals surface area contributed by atoms with Crippen LogP contribution >= 0.6 is 0 Å². The van der Waals surface area contributed by atoms with Crippen LogP contribution in [0.2, 0.25) is 0 Å². The SMILES string of the molecule is COc1ccnc(C(=O)N[C@@H](C)C(=O)OC(C)C(C)n2ccc3cc(F)cc(F)c32)c1O. The van der Waals surface area contributed by atoms with Crippen LogP contribution < -0.4 is 10.1 Å². The topological polar surface area (TPSA) is 103 Å². The van der Waals surface area contributed by atoms with Crippen molar-refractivity contribution < 1.29 is 33.0 Å². The van der Waals surface area contributed by atoms with E-state index in [0.29, 0.717) is 5.39 Å². The molecule has 2 unspecified atom stereocenters. The highest BCUT2D eigenvalue weighted by atomic mass is 19.1. The molecule has 0 spiro atoms. The first-order valence-electron chi connectivity index (χ1n) is 9.83. The fraction of sp³-hybridized carbons (Fsp3) is 0.318. The van der Waals surface area contributed by atoms with Gasteiger partial charge in [-0.3, -0.25) is 4.79 Å². The number of aromatic hydroxyl groups is 1. The van der Waals surface area contributed by atoms with Crippen molar-refractivity contribution in [3.05, 3.63) is 54.0 Å². The highest BCUT2D eigenvalue weighted by molar-refractivity contribution is 5.97. The van der Waals surface area contributed by atoms with Crippen molar-refractivity contribution >= 4 is 22.8 Å². The van der Waals surface area contributed by atoms with Crippen LogP contribution in [-0.2, 0) is 9.53 Å². The Bertz CT molecular complexity index is 1160. The molecular weight excluding hydrogens is 424 g/mol. The number of carbonyl (C=O) groups excluding carboxylic acids is 2. The lowest BCUT2D eigenvalue weighted by atomic mass is 10.2. The van der Waals surface area contributed by atoms with Crippen LogP contribution in [0.1, 0.15) is 37.3 Å². The van der Waals surface area contributed by atoms with Crippen LogP contribution in [0.5, 0.6) is 11.5 Å². The standard InChI is InChI=1S/C22H23F2N3O5/c1-11(26-21(29)18-20(28)17(31-4)5-7-25-18)22(30)32-13(3)12(2)27-8-6-14-9-15(23)10-16(24)19(14)27/h5-13,28H,1-4H3,(H,26,29)/t11-,12?,13?/m0/s1. The number of pyridine rings is 1. The molecule has 1 aromatic carbocycles. The fourth-order valence-corrected chi connectivity index (χ4v) is 3.26. The number of esters is 1. The van der Waals surface area contributed by atoms with E-state index in [0.717, 1.165) is 6.07 Å². The van der Waals surface area contributed by atoms with Crippen molar-refractivity contribution in [3.8, 4) is 11.5 Å². The van der Waals surface area contributed by atoms with Crippen LogP contribution in [0.4, 0.5) is 8.78 Å². The van der Waals surface area contributed by atoms with E-state index in [1.54, 1.807) is 30.7 Å². The van der Waals surface area contributed by atoms with Gasteiger partial charge in [-0.05, 0) is 32.9 Å². The van der Waals surface area contributed by atoms with Crippen molar-refractivity contribution in [1.29, 1.82) is 0 Å². The van der Waals surface area contributed by atoms with E-state index in [-0.39, 0.29) is 17.0 Å². The second-order valence-corrected chi connectivity index (χ2v) is 7.34. The molecule has 3 atom stereocenters. The molecule has 0 radical (unpaired) electrons. The summed E-state index contributed by atoms with van der Waals surface area (Å²) < 4.78 is 39.7. The number of halogens is 2. The summed E-state index contributed by atoms with van der Waals surface area (Å²) in [6.45, 7) is 4.77. The van der Waals surface area contributed by atoms with Gasteiger partial charge in [0.2, 0.25) is 0 Å². The first-order chi connectivity index (χ1) is 15.1. The molecule has 0 aliphatic carbocycles. The number of hydrogen-bond acceptors (Lipinski definition) is 6. The molecule has 0 aliphatic heterocycles. The average molecular weight is 447 g/mol. The number of rotatable bonds is 7. The fourth-order valence-electron chi connectivity index (χ4n) is 3.26. The lowest BCUT2D eigenvalue weighted by Gasteiger charge is -2.24. The number of hydrogen-bond donors (Lipinski definition) is 2. The zero-order valence-electron chi connectivity index (χ0n) is 17.9. The van der Waals surface area contributed by atoms with Crippen molar-refractivity contribution in [1.82, 2.24) is 14.9 Å². The smallest absolute Gasteiger partial charge is 0.328 e. The minimum atomic E-state index is -1.06. The molecule has 2 aromatic heterocycles. The van der Waals surface area contributed by atoms with Crippen molar-refractivity contribution in [2.45, 2.75) is 39.0 Å². The summed E-state index contributed by atoms with van der Waals surface area (Å²) in [6, 6.07) is 3.43. The number of fused-ring (bicyclic) bond motifs is 1. The van der Waals surface area contributed by atoms with E-state index < -0.39 is 47.4 Å². The normalized spacial score (nSPS) is 13.9. The first-order valence-corrected chi connectivity index (χ1v) is 9.83. The maximum atomic E-state index is 14.3. The molecule has 32 heavy (non-hydrogen) atoms. The Hall–Kier alpha value is -3.69. The van der Waals surface area contributed by atoms with E-state index in [1.807, 2.05) is 0 Å². The molecule has 2 N–H and O–H groups in total. The van der Waals surface area contributed by atoms with Crippen LogP contribution in [0.3, 0.4) is 0 Å². The second-order valence-electron chi connectivity index (χ2n) is 7.34. The summed E-state index contributed by atoms with van der Waals surface area (Å²) in [5, 5.41) is 12.8. The van der Waals surface area contributed by atoms with Crippen molar-refractivity contribution in [2.24, 2.45) is 0 Å². The van der Waals surface area contributed by atoms with E-state index in [2.05, 4.69) is 10.3 Å². The van der Waals surface area contributed by atoms with Crippen molar-refractivity contribution in [2.75, 3.05) is 7.11 Å². The molecule has 0 saturated heterocycles. The Kier molecular flexibility index (Phi) is 6.61. The summed E-state index contributed by atoms with van der Waals surface area (Å²) in [7, 11) is 1.33. The zero-order chi connectivity index (χ0) is 23.6. The number of aromatic nitrogens is 2. The first kappa shape index (κ1) is 23.0. The van der Waals surface area contributed by atoms with Gasteiger partial charge in [-0.1, -0.05) is 0 Å². The summed E-state index contributed by atoms with van der Waals surface area (Å²) >= 11 is 0. The molecular formula is C22H23F2N3O5. The highest BCUT2D eigenvalue weighted by Gasteiger charge is 2.26. The molecule has 0 saturated carbocycles. The summed E-state index contributed by atoms with van der Waals surface area (Å²) in [5.41, 5.74) is -0.102. The van der Waals surface area contributed by atoms with Gasteiger partial charge >= 0.3 is 5.97 Å². The van der Waals surface area contributed by atoms with Crippen molar-refractivity contribution in [3.63, 3.8) is 0 Å². The molecule has 0 bridgehead atoms. The quantitative estimate of drug-likeness (QED) is 0.539. The molecule has 0 fully saturated rings. The molecule has 1 amide bonds. The van der Waals surface area contributed by atoms with Gasteiger partial charge in [-0.15, -0.1) is 0 Å². The third kappa shape index (κ3) is 4.48. The lowest BCUT2D eigenvalue weighted by molar-refractivity contribution is -0.151. The Balaban J connectivity index is 1.68. The van der Waals surface area contributed by atoms with Crippen LogP contribution in [0.15, 0.2) is 36.7 Å². The Morgan fingerprint density at radius 3 is 2.59 bits per heavy atom. The van der Waals surface area contributed by atoms with Gasteiger partial charge in [-0.2, -0.15) is 0 Å². The van der Waals surface area contributed by atoms with E-state index >= 15 is 0 Å². The van der Waals surface area contributed by atoms with Gasteiger partial charge < -0.3 is 24.5 Å². The summed E-state index contributed by atoms with van der Waals surface area (Å²) in [5.74, 6) is -3.31. The lowest BCUT2D eigenvalue weighted by Crippen LogP contribution is -2.41. The molecule has 2 heterocycles. The van der Waals surface area contributed by atoms with Gasteiger partial charge in [0.25, 0.3) is 5.91 Å². The minimum Gasteiger partial charge on any atom is -0.503 e. The Morgan fingerprint density at radius 1 is 1.19 bits per heavy atom. The van der Waals surface area contributed by atoms with Gasteiger partial charge in [0, 0.05) is 29.9 Å².